The molecule has 0 bridgehead atoms. The predicted molar refractivity (Wildman–Crippen MR) is 116 cm³/mol. The van der Waals surface area contributed by atoms with E-state index in [2.05, 4.69) is 20.8 Å². The van der Waals surface area contributed by atoms with Crippen LogP contribution in [0.3, 0.4) is 0 Å². The Kier molecular flexibility index (Phi) is 7.22. The first kappa shape index (κ1) is 19.2. The van der Waals surface area contributed by atoms with Gasteiger partial charge in [-0.1, -0.05) is 0 Å². The number of rotatable bonds is 4. The molecule has 3 saturated carbocycles. The second kappa shape index (κ2) is 9.39. The average molecular weight is 467 g/mol. The molecule has 0 spiro atoms. The van der Waals surface area contributed by atoms with Crippen molar-refractivity contribution >= 4 is 30.1 Å². The van der Waals surface area contributed by atoms with Gasteiger partial charge in [0.1, 0.15) is 0 Å². The second-order valence-corrected chi connectivity index (χ2v) is 25.5. The predicted octanol–water partition coefficient (Wildman–Crippen LogP) is 8.39. The van der Waals surface area contributed by atoms with Crippen molar-refractivity contribution in [1.29, 1.82) is 0 Å². The van der Waals surface area contributed by atoms with Crippen LogP contribution in [0.4, 0.5) is 0 Å². The van der Waals surface area contributed by atoms with Crippen LogP contribution in [0, 0.1) is 0 Å². The molecular weight excluding hydrogens is 427 g/mol. The van der Waals surface area contributed by atoms with Gasteiger partial charge in [-0.3, -0.25) is 0 Å². The van der Waals surface area contributed by atoms with E-state index in [1.54, 1.807) is 96.3 Å². The quantitative estimate of drug-likeness (QED) is 0.374. The molecule has 1 aliphatic heterocycles. The summed E-state index contributed by atoms with van der Waals surface area (Å²) in [6, 6.07) is 0. The molecule has 4 rings (SSSR count). The van der Waals surface area contributed by atoms with Gasteiger partial charge in [-0.05, 0) is 0 Å². The van der Waals surface area contributed by atoms with Crippen LogP contribution in [-0.4, -0.2) is 24.1 Å². The van der Waals surface area contributed by atoms with E-state index in [0.717, 1.165) is 0 Å². The molecule has 0 N–H and O–H groups in total. The molecule has 0 radical (unpaired) electrons. The Morgan fingerprint density at radius 3 is 1.40 bits per heavy atom. The van der Waals surface area contributed by atoms with Gasteiger partial charge in [0.05, 0.1) is 0 Å². The van der Waals surface area contributed by atoms with E-state index in [1.807, 2.05) is 0 Å². The van der Waals surface area contributed by atoms with E-state index in [4.69, 9.17) is 0 Å². The Labute approximate surface area is 165 Å². The van der Waals surface area contributed by atoms with Gasteiger partial charge < -0.3 is 0 Å². The van der Waals surface area contributed by atoms with Gasteiger partial charge in [-0.2, -0.15) is 0 Å². The van der Waals surface area contributed by atoms with Gasteiger partial charge in [0.2, 0.25) is 0 Å². The van der Waals surface area contributed by atoms with Crippen LogP contribution < -0.4 is 0 Å². The van der Waals surface area contributed by atoms with E-state index >= 15 is 0 Å². The summed E-state index contributed by atoms with van der Waals surface area (Å²) >= 11 is 0.0280. The van der Waals surface area contributed by atoms with Crippen LogP contribution in [0.1, 0.15) is 109 Å². The van der Waals surface area contributed by atoms with E-state index in [1.165, 1.54) is 30.4 Å². The van der Waals surface area contributed by atoms with E-state index in [0.29, 0.717) is 0 Å². The van der Waals surface area contributed by atoms with Crippen molar-refractivity contribution in [3.05, 3.63) is 9.00 Å². The molecule has 2 heteroatoms. The van der Waals surface area contributed by atoms with Gasteiger partial charge in [0, 0.05) is 0 Å². The Hall–Kier alpha value is 0.889. The minimum atomic E-state index is -2.38. The number of hydrogen-bond donors (Lipinski definition) is 0. The van der Waals surface area contributed by atoms with Gasteiger partial charge >= 0.3 is 166 Å². The van der Waals surface area contributed by atoms with Gasteiger partial charge in [-0.25, -0.2) is 0 Å². The summed E-state index contributed by atoms with van der Waals surface area (Å²) in [7, 11) is 0. The second-order valence-electron chi connectivity index (χ2n) is 9.50. The number of hydrogen-bond acceptors (Lipinski definition) is 1. The summed E-state index contributed by atoms with van der Waals surface area (Å²) in [5.41, 5.74) is 0. The maximum atomic E-state index is 2.85. The molecular formula is C23H40SSn. The first-order valence-electron chi connectivity index (χ1n) is 11.8. The summed E-state index contributed by atoms with van der Waals surface area (Å²) < 4.78 is 5.81. The first-order chi connectivity index (χ1) is 12.4. The van der Waals surface area contributed by atoms with Gasteiger partial charge in [0.25, 0.3) is 0 Å². The summed E-state index contributed by atoms with van der Waals surface area (Å²) in [5, 5.41) is 0. The fraction of sp³-hybridized carbons (Fsp3) is 0.913. The fourth-order valence-electron chi connectivity index (χ4n) is 7.20. The number of thioether (sulfide) groups is 1. The van der Waals surface area contributed by atoms with Crippen LogP contribution in [0.2, 0.25) is 11.8 Å². The molecule has 0 nitrogen and oxygen atoms in total. The zero-order valence-electron chi connectivity index (χ0n) is 16.4. The topological polar surface area (TPSA) is 0 Å². The molecule has 4 aliphatic rings. The summed E-state index contributed by atoms with van der Waals surface area (Å²) in [4.78, 5) is 0. The van der Waals surface area contributed by atoms with Crippen molar-refractivity contribution in [3.63, 3.8) is 0 Å². The summed E-state index contributed by atoms with van der Waals surface area (Å²) in [5.74, 6) is 1.46. The molecule has 3 fully saturated rings. The molecule has 0 saturated heterocycles. The van der Waals surface area contributed by atoms with Gasteiger partial charge in [-0.15, -0.1) is 0 Å². The Bertz CT molecular complexity index is 393. The molecule has 3 aliphatic carbocycles. The molecule has 0 aromatic carbocycles. The van der Waals surface area contributed by atoms with Crippen molar-refractivity contribution in [3.8, 4) is 0 Å². The summed E-state index contributed by atoms with van der Waals surface area (Å²) in [6.45, 7) is 0. The molecule has 1 heterocycles. The third-order valence-electron chi connectivity index (χ3n) is 8.20. The van der Waals surface area contributed by atoms with Gasteiger partial charge in [0.15, 0.2) is 0 Å². The molecule has 25 heavy (non-hydrogen) atoms. The third kappa shape index (κ3) is 4.03. The fourth-order valence-corrected chi connectivity index (χ4v) is 36.8. The van der Waals surface area contributed by atoms with E-state index < -0.39 is 18.4 Å². The van der Waals surface area contributed by atoms with Crippen molar-refractivity contribution in [1.82, 2.24) is 0 Å². The Morgan fingerprint density at radius 2 is 1.04 bits per heavy atom. The van der Waals surface area contributed by atoms with Crippen LogP contribution in [0.15, 0.2) is 9.00 Å². The number of allylic oxidation sites excluding steroid dienone is 1. The zero-order valence-corrected chi connectivity index (χ0v) is 20.1. The average Bonchev–Trinajstić information content (AvgIpc) is 2.72. The van der Waals surface area contributed by atoms with Crippen molar-refractivity contribution in [2.75, 3.05) is 5.75 Å². The standard InChI is InChI=1S/3C6H11.C5H7S.Sn/c4*1-2-4-6-5-3-1;/h3*1H,2-6H2;2H,1,3,5H2;. The first-order valence-corrected chi connectivity index (χ1v) is 19.1. The molecule has 0 amide bonds. The van der Waals surface area contributed by atoms with Crippen LogP contribution >= 0.6 is 11.8 Å². The third-order valence-corrected chi connectivity index (χ3v) is 32.3. The summed E-state index contributed by atoms with van der Waals surface area (Å²) in [6.07, 6.45) is 29.6. The Morgan fingerprint density at radius 1 is 0.600 bits per heavy atom. The molecule has 0 atom stereocenters. The van der Waals surface area contributed by atoms with Crippen molar-refractivity contribution < 1.29 is 0 Å². The Balaban J connectivity index is 1.75. The molecule has 142 valence electrons. The normalized spacial score (nSPS) is 28.7. The molecule has 0 unspecified atom stereocenters. The van der Waals surface area contributed by atoms with Crippen molar-refractivity contribution in [2.24, 2.45) is 0 Å². The van der Waals surface area contributed by atoms with Crippen LogP contribution in [0.5, 0.6) is 0 Å². The van der Waals surface area contributed by atoms with Crippen LogP contribution in [0.25, 0.3) is 0 Å². The SMILES string of the molecule is C1=[C]([Sn]([CH]2CCCCC2)([CH]2CCCCC2)[CH]2CCCCC2)SCCC1. The monoisotopic (exact) mass is 468 g/mol. The van der Waals surface area contributed by atoms with Crippen LogP contribution in [-0.2, 0) is 0 Å². The van der Waals surface area contributed by atoms with Crippen molar-refractivity contribution in [2.45, 2.75) is 121 Å². The minimum absolute atomic E-state index is 1.23. The molecule has 0 aromatic heterocycles. The van der Waals surface area contributed by atoms with E-state index in [9.17, 15) is 0 Å². The zero-order chi connectivity index (χ0) is 17.0. The maximum absolute atomic E-state index is 2.85. The molecule has 0 aromatic rings. The van der Waals surface area contributed by atoms with E-state index in [-0.39, 0.29) is 0 Å².